The summed E-state index contributed by atoms with van der Waals surface area (Å²) >= 11 is 0. The van der Waals surface area contributed by atoms with Crippen molar-refractivity contribution in [2.45, 2.75) is 20.3 Å². The van der Waals surface area contributed by atoms with Gasteiger partial charge in [0.05, 0.1) is 0 Å². The molecule has 0 bridgehead atoms. The van der Waals surface area contributed by atoms with E-state index in [0.717, 1.165) is 17.5 Å². The monoisotopic (exact) mass is 209 g/mol. The highest BCUT2D eigenvalue weighted by molar-refractivity contribution is 5.99. The lowest BCUT2D eigenvalue weighted by molar-refractivity contribution is 0.626. The largest absolute Gasteiger partial charge is 0.308 e. The smallest absolute Gasteiger partial charge is 0.142 e. The van der Waals surface area contributed by atoms with Gasteiger partial charge >= 0.3 is 0 Å². The molecule has 0 aromatic heterocycles. The second kappa shape index (κ2) is 5.46. The number of halogens is 1. The Morgan fingerprint density at radius 2 is 2.27 bits per heavy atom. The minimum absolute atomic E-state index is 0.247. The van der Waals surface area contributed by atoms with E-state index in [0.29, 0.717) is 12.4 Å². The maximum Gasteiger partial charge on any atom is 0.142 e. The topological polar surface area (TPSA) is 50.4 Å². The number of nitrogens with zero attached hydrogens (tertiary/aromatic N) is 1. The van der Waals surface area contributed by atoms with Gasteiger partial charge in [0, 0.05) is 12.1 Å². The van der Waals surface area contributed by atoms with Crippen LogP contribution in [0.3, 0.4) is 0 Å². The predicted octanol–water partition coefficient (Wildman–Crippen LogP) is 1.75. The van der Waals surface area contributed by atoms with Crippen molar-refractivity contribution in [1.29, 1.82) is 0 Å². The molecule has 0 saturated carbocycles. The number of benzene rings is 1. The van der Waals surface area contributed by atoms with Crippen molar-refractivity contribution in [2.75, 3.05) is 6.54 Å². The van der Waals surface area contributed by atoms with Gasteiger partial charge in [-0.05, 0) is 37.1 Å². The van der Waals surface area contributed by atoms with Crippen LogP contribution in [0, 0.1) is 12.7 Å². The van der Waals surface area contributed by atoms with Crippen LogP contribution >= 0.6 is 0 Å². The normalized spacial score (nSPS) is 11.6. The standard InChI is InChI=1S/C11H16FN3/c1-3-6-14-11(15-13)10-5-4-9(12)7-8(10)2/h4-5,7H,3,6,13H2,1-2H3,(H,14,15). The number of aliphatic imine (C=N–C) groups is 1. The number of hydrogen-bond acceptors (Lipinski definition) is 2. The SMILES string of the molecule is CCCN=C(NN)c1ccc(F)cc1C. The Morgan fingerprint density at radius 1 is 1.53 bits per heavy atom. The highest BCUT2D eigenvalue weighted by Crippen LogP contribution is 2.10. The van der Waals surface area contributed by atoms with E-state index >= 15 is 0 Å². The van der Waals surface area contributed by atoms with Crippen LogP contribution in [-0.2, 0) is 0 Å². The Kier molecular flexibility index (Phi) is 4.24. The fraction of sp³-hybridized carbons (Fsp3) is 0.364. The highest BCUT2D eigenvalue weighted by Gasteiger charge is 2.05. The van der Waals surface area contributed by atoms with E-state index < -0.39 is 0 Å². The zero-order valence-corrected chi connectivity index (χ0v) is 9.05. The molecule has 3 N–H and O–H groups in total. The fourth-order valence-corrected chi connectivity index (χ4v) is 1.32. The van der Waals surface area contributed by atoms with Crippen LogP contribution in [0.1, 0.15) is 24.5 Å². The van der Waals surface area contributed by atoms with Crippen LogP contribution in [0.15, 0.2) is 23.2 Å². The van der Waals surface area contributed by atoms with E-state index in [2.05, 4.69) is 10.4 Å². The van der Waals surface area contributed by atoms with Crippen molar-refractivity contribution in [3.8, 4) is 0 Å². The average molecular weight is 209 g/mol. The van der Waals surface area contributed by atoms with E-state index in [1.165, 1.54) is 12.1 Å². The van der Waals surface area contributed by atoms with Crippen molar-refractivity contribution >= 4 is 5.84 Å². The summed E-state index contributed by atoms with van der Waals surface area (Å²) in [6.45, 7) is 4.57. The molecule has 1 rings (SSSR count). The number of nitrogens with two attached hydrogens (primary N) is 1. The summed E-state index contributed by atoms with van der Waals surface area (Å²) in [4.78, 5) is 4.28. The molecule has 15 heavy (non-hydrogen) atoms. The number of amidine groups is 1. The third-order valence-electron chi connectivity index (χ3n) is 2.07. The Balaban J connectivity index is 3.02. The van der Waals surface area contributed by atoms with Gasteiger partial charge in [0.15, 0.2) is 0 Å². The van der Waals surface area contributed by atoms with Crippen molar-refractivity contribution < 1.29 is 4.39 Å². The Labute approximate surface area is 89.2 Å². The van der Waals surface area contributed by atoms with Gasteiger partial charge in [0.25, 0.3) is 0 Å². The van der Waals surface area contributed by atoms with Crippen LogP contribution in [0.4, 0.5) is 4.39 Å². The number of hydrogen-bond donors (Lipinski definition) is 2. The Bertz CT molecular complexity index is 361. The van der Waals surface area contributed by atoms with Crippen LogP contribution in [0.2, 0.25) is 0 Å². The third-order valence-corrected chi connectivity index (χ3v) is 2.07. The molecule has 0 aliphatic heterocycles. The lowest BCUT2D eigenvalue weighted by Crippen LogP contribution is -2.32. The molecule has 0 heterocycles. The van der Waals surface area contributed by atoms with Gasteiger partial charge in [-0.15, -0.1) is 0 Å². The van der Waals surface area contributed by atoms with Gasteiger partial charge in [-0.2, -0.15) is 0 Å². The van der Waals surface area contributed by atoms with E-state index in [9.17, 15) is 4.39 Å². The van der Waals surface area contributed by atoms with Crippen molar-refractivity contribution in [3.05, 3.63) is 35.1 Å². The summed E-state index contributed by atoms with van der Waals surface area (Å²) in [6, 6.07) is 4.55. The predicted molar refractivity (Wildman–Crippen MR) is 60.2 cm³/mol. The molecule has 0 unspecified atom stereocenters. The van der Waals surface area contributed by atoms with Crippen molar-refractivity contribution in [3.63, 3.8) is 0 Å². The zero-order chi connectivity index (χ0) is 11.3. The van der Waals surface area contributed by atoms with Crippen LogP contribution in [0.25, 0.3) is 0 Å². The number of hydrazine groups is 1. The van der Waals surface area contributed by atoms with Crippen LogP contribution < -0.4 is 11.3 Å². The molecule has 0 radical (unpaired) electrons. The average Bonchev–Trinajstić information content (AvgIpc) is 2.21. The molecule has 0 spiro atoms. The van der Waals surface area contributed by atoms with Crippen molar-refractivity contribution in [1.82, 2.24) is 5.43 Å². The van der Waals surface area contributed by atoms with Gasteiger partial charge < -0.3 is 5.43 Å². The summed E-state index contributed by atoms with van der Waals surface area (Å²) in [5.41, 5.74) is 4.20. The maximum atomic E-state index is 12.9. The second-order valence-electron chi connectivity index (χ2n) is 3.33. The molecular formula is C11H16FN3. The lowest BCUT2D eigenvalue weighted by Gasteiger charge is -2.08. The van der Waals surface area contributed by atoms with Gasteiger partial charge in [-0.25, -0.2) is 10.2 Å². The van der Waals surface area contributed by atoms with Gasteiger partial charge in [-0.1, -0.05) is 6.92 Å². The summed E-state index contributed by atoms with van der Waals surface area (Å²) in [5, 5.41) is 0. The molecule has 0 aliphatic rings. The van der Waals surface area contributed by atoms with Crippen LogP contribution in [-0.4, -0.2) is 12.4 Å². The molecule has 82 valence electrons. The highest BCUT2D eigenvalue weighted by atomic mass is 19.1. The molecule has 4 heteroatoms. The Hall–Kier alpha value is -1.42. The number of nitrogens with one attached hydrogen (secondary N) is 1. The first kappa shape index (κ1) is 11.7. The molecule has 0 fully saturated rings. The maximum absolute atomic E-state index is 12.9. The summed E-state index contributed by atoms with van der Waals surface area (Å²) in [5.74, 6) is 5.74. The first-order valence-electron chi connectivity index (χ1n) is 4.96. The van der Waals surface area contributed by atoms with E-state index in [4.69, 9.17) is 5.84 Å². The zero-order valence-electron chi connectivity index (χ0n) is 9.05. The number of aryl methyl sites for hydroxylation is 1. The van der Waals surface area contributed by atoms with Gasteiger partial charge in [0.2, 0.25) is 0 Å². The van der Waals surface area contributed by atoms with Gasteiger partial charge in [0.1, 0.15) is 11.7 Å². The van der Waals surface area contributed by atoms with Crippen molar-refractivity contribution in [2.24, 2.45) is 10.8 Å². The molecule has 3 nitrogen and oxygen atoms in total. The molecule has 0 aliphatic carbocycles. The quantitative estimate of drug-likeness (QED) is 0.345. The van der Waals surface area contributed by atoms with E-state index in [1.54, 1.807) is 6.07 Å². The molecule has 0 atom stereocenters. The molecular weight excluding hydrogens is 193 g/mol. The fourth-order valence-electron chi connectivity index (χ4n) is 1.32. The second-order valence-corrected chi connectivity index (χ2v) is 3.33. The Morgan fingerprint density at radius 3 is 2.80 bits per heavy atom. The molecule has 0 saturated heterocycles. The van der Waals surface area contributed by atoms with Crippen LogP contribution in [0.5, 0.6) is 0 Å². The van der Waals surface area contributed by atoms with E-state index in [1.807, 2.05) is 13.8 Å². The summed E-state index contributed by atoms with van der Waals surface area (Å²) in [7, 11) is 0. The third kappa shape index (κ3) is 3.02. The molecule has 1 aromatic rings. The van der Waals surface area contributed by atoms with Gasteiger partial charge in [-0.3, -0.25) is 4.99 Å². The minimum Gasteiger partial charge on any atom is -0.308 e. The summed E-state index contributed by atoms with van der Waals surface area (Å²) < 4.78 is 12.9. The lowest BCUT2D eigenvalue weighted by atomic mass is 10.1. The number of rotatable bonds is 3. The molecule has 1 aromatic carbocycles. The molecule has 0 amide bonds. The first-order valence-corrected chi connectivity index (χ1v) is 4.96. The summed E-state index contributed by atoms with van der Waals surface area (Å²) in [6.07, 6.45) is 0.950. The minimum atomic E-state index is -0.247. The first-order chi connectivity index (χ1) is 7.19. The van der Waals surface area contributed by atoms with E-state index in [-0.39, 0.29) is 5.82 Å².